The maximum Gasteiger partial charge on any atom is 0.231 e. The Labute approximate surface area is 145 Å². The first-order valence-electron chi connectivity index (χ1n) is 8.12. The second kappa shape index (κ2) is 6.43. The molecule has 0 saturated heterocycles. The highest BCUT2D eigenvalue weighted by molar-refractivity contribution is 5.67. The minimum atomic E-state index is 0.256. The molecule has 0 unspecified atom stereocenters. The number of rotatable bonds is 5. The zero-order valence-corrected chi connectivity index (χ0v) is 14.1. The summed E-state index contributed by atoms with van der Waals surface area (Å²) in [5.41, 5.74) is 3.79. The molecule has 2 aromatic heterocycles. The number of aromatic nitrogens is 4. The predicted octanol–water partition coefficient (Wildman–Crippen LogP) is 2.82. The molecule has 7 heteroatoms. The fourth-order valence-electron chi connectivity index (χ4n) is 2.80. The molecule has 0 spiro atoms. The Balaban J connectivity index is 1.61. The summed E-state index contributed by atoms with van der Waals surface area (Å²) in [6.07, 6.45) is 3.63. The first-order valence-corrected chi connectivity index (χ1v) is 8.12. The van der Waals surface area contributed by atoms with Gasteiger partial charge in [-0.3, -0.25) is 0 Å². The van der Waals surface area contributed by atoms with E-state index in [2.05, 4.69) is 15.3 Å². The van der Waals surface area contributed by atoms with E-state index < -0.39 is 0 Å². The molecule has 1 aliphatic rings. The van der Waals surface area contributed by atoms with Crippen molar-refractivity contribution in [3.63, 3.8) is 0 Å². The normalized spacial score (nSPS) is 12.4. The number of hydrogen-bond donors (Lipinski definition) is 0. The molecule has 128 valence electrons. The SMILES string of the molecule is CCOc1ncccc1Cn1cc(-c2cc3c(cc2C)OCO3)nn1. The summed E-state index contributed by atoms with van der Waals surface area (Å²) in [6.45, 7) is 5.33. The monoisotopic (exact) mass is 338 g/mol. The van der Waals surface area contributed by atoms with Gasteiger partial charge in [0.1, 0.15) is 5.69 Å². The van der Waals surface area contributed by atoms with E-state index in [0.717, 1.165) is 33.9 Å². The number of hydrogen-bond acceptors (Lipinski definition) is 6. The van der Waals surface area contributed by atoms with Crippen molar-refractivity contribution < 1.29 is 14.2 Å². The highest BCUT2D eigenvalue weighted by Gasteiger charge is 2.18. The molecule has 0 saturated carbocycles. The van der Waals surface area contributed by atoms with Crippen LogP contribution in [0, 0.1) is 6.92 Å². The topological polar surface area (TPSA) is 71.3 Å². The van der Waals surface area contributed by atoms with Crippen molar-refractivity contribution in [3.8, 4) is 28.6 Å². The van der Waals surface area contributed by atoms with Gasteiger partial charge < -0.3 is 14.2 Å². The van der Waals surface area contributed by atoms with E-state index in [9.17, 15) is 0 Å². The van der Waals surface area contributed by atoms with Gasteiger partial charge in [0.2, 0.25) is 12.7 Å². The fraction of sp³-hybridized carbons (Fsp3) is 0.278. The molecule has 0 bridgehead atoms. The van der Waals surface area contributed by atoms with Crippen LogP contribution < -0.4 is 14.2 Å². The van der Waals surface area contributed by atoms with Crippen molar-refractivity contribution in [2.45, 2.75) is 20.4 Å². The minimum Gasteiger partial charge on any atom is -0.478 e. The standard InChI is InChI=1S/C18H18N4O3/c1-3-23-18-13(5-4-6-19-18)9-22-10-15(20-21-22)14-8-17-16(7-12(14)2)24-11-25-17/h4-8,10H,3,9,11H2,1-2H3. The quantitative estimate of drug-likeness (QED) is 0.712. The molecule has 1 aliphatic heterocycles. The summed E-state index contributed by atoms with van der Waals surface area (Å²) in [5.74, 6) is 2.13. The van der Waals surface area contributed by atoms with Gasteiger partial charge in [-0.15, -0.1) is 5.10 Å². The third-order valence-corrected chi connectivity index (χ3v) is 4.00. The Bertz CT molecular complexity index is 907. The van der Waals surface area contributed by atoms with Crippen LogP contribution in [0.3, 0.4) is 0 Å². The van der Waals surface area contributed by atoms with Crippen molar-refractivity contribution >= 4 is 0 Å². The van der Waals surface area contributed by atoms with Gasteiger partial charge in [0.05, 0.1) is 19.3 Å². The largest absolute Gasteiger partial charge is 0.478 e. The van der Waals surface area contributed by atoms with Crippen LogP contribution in [0.5, 0.6) is 17.4 Å². The molecule has 3 heterocycles. The first kappa shape index (κ1) is 15.4. The molecule has 3 aromatic rings. The fourth-order valence-corrected chi connectivity index (χ4v) is 2.80. The van der Waals surface area contributed by atoms with E-state index in [0.29, 0.717) is 19.0 Å². The minimum absolute atomic E-state index is 0.256. The highest BCUT2D eigenvalue weighted by atomic mass is 16.7. The van der Waals surface area contributed by atoms with E-state index in [1.807, 2.05) is 44.3 Å². The van der Waals surface area contributed by atoms with Crippen molar-refractivity contribution in [1.29, 1.82) is 0 Å². The molecule has 0 aliphatic carbocycles. The molecular weight excluding hydrogens is 320 g/mol. The van der Waals surface area contributed by atoms with Crippen LogP contribution in [0.25, 0.3) is 11.3 Å². The first-order chi connectivity index (χ1) is 12.2. The molecule has 25 heavy (non-hydrogen) atoms. The highest BCUT2D eigenvalue weighted by Crippen LogP contribution is 2.37. The van der Waals surface area contributed by atoms with Crippen molar-refractivity contribution in [2.75, 3.05) is 13.4 Å². The van der Waals surface area contributed by atoms with Gasteiger partial charge in [0.25, 0.3) is 0 Å². The van der Waals surface area contributed by atoms with Crippen LogP contribution in [0.15, 0.2) is 36.7 Å². The smallest absolute Gasteiger partial charge is 0.231 e. The lowest BCUT2D eigenvalue weighted by molar-refractivity contribution is 0.174. The van der Waals surface area contributed by atoms with Gasteiger partial charge in [-0.2, -0.15) is 0 Å². The molecule has 4 rings (SSSR count). The Morgan fingerprint density at radius 3 is 2.92 bits per heavy atom. The van der Waals surface area contributed by atoms with Gasteiger partial charge in [0.15, 0.2) is 11.5 Å². The van der Waals surface area contributed by atoms with Gasteiger partial charge in [-0.25, -0.2) is 9.67 Å². The van der Waals surface area contributed by atoms with Crippen LogP contribution in [-0.4, -0.2) is 33.4 Å². The Morgan fingerprint density at radius 2 is 2.08 bits per heavy atom. The van der Waals surface area contributed by atoms with Gasteiger partial charge in [0, 0.05) is 17.3 Å². The van der Waals surface area contributed by atoms with Crippen molar-refractivity contribution in [3.05, 3.63) is 47.8 Å². The zero-order chi connectivity index (χ0) is 17.2. The Hall–Kier alpha value is -3.09. The van der Waals surface area contributed by atoms with E-state index in [1.54, 1.807) is 10.9 Å². The molecule has 0 N–H and O–H groups in total. The summed E-state index contributed by atoms with van der Waals surface area (Å²) in [6, 6.07) is 7.77. The molecule has 0 atom stereocenters. The van der Waals surface area contributed by atoms with E-state index in [-0.39, 0.29) is 6.79 Å². The maximum absolute atomic E-state index is 5.57. The molecular formula is C18H18N4O3. The van der Waals surface area contributed by atoms with Crippen LogP contribution in [0.2, 0.25) is 0 Å². The zero-order valence-electron chi connectivity index (χ0n) is 14.1. The molecule has 7 nitrogen and oxygen atoms in total. The van der Waals surface area contributed by atoms with Crippen molar-refractivity contribution in [1.82, 2.24) is 20.0 Å². The Kier molecular flexibility index (Phi) is 3.97. The summed E-state index contributed by atoms with van der Waals surface area (Å²) < 4.78 is 18.2. The molecule has 0 amide bonds. The second-order valence-electron chi connectivity index (χ2n) is 5.72. The average Bonchev–Trinajstić information content (AvgIpc) is 3.25. The summed E-state index contributed by atoms with van der Waals surface area (Å²) in [5, 5.41) is 8.53. The van der Waals surface area contributed by atoms with E-state index in [1.165, 1.54) is 0 Å². The third kappa shape index (κ3) is 3.00. The second-order valence-corrected chi connectivity index (χ2v) is 5.72. The Morgan fingerprint density at radius 1 is 1.24 bits per heavy atom. The number of nitrogens with zero attached hydrogens (tertiary/aromatic N) is 4. The van der Waals surface area contributed by atoms with Gasteiger partial charge >= 0.3 is 0 Å². The number of benzene rings is 1. The lowest BCUT2D eigenvalue weighted by Gasteiger charge is -2.08. The number of pyridine rings is 1. The molecule has 0 fully saturated rings. The van der Waals surface area contributed by atoms with Crippen LogP contribution in [0.4, 0.5) is 0 Å². The van der Waals surface area contributed by atoms with Crippen LogP contribution in [0.1, 0.15) is 18.1 Å². The third-order valence-electron chi connectivity index (χ3n) is 4.00. The van der Waals surface area contributed by atoms with Gasteiger partial charge in [-0.05, 0) is 37.6 Å². The van der Waals surface area contributed by atoms with E-state index >= 15 is 0 Å². The summed E-state index contributed by atoms with van der Waals surface area (Å²) >= 11 is 0. The van der Waals surface area contributed by atoms with Crippen LogP contribution in [-0.2, 0) is 6.54 Å². The lowest BCUT2D eigenvalue weighted by atomic mass is 10.1. The average molecular weight is 338 g/mol. The summed E-state index contributed by atoms with van der Waals surface area (Å²) in [4.78, 5) is 4.27. The van der Waals surface area contributed by atoms with E-state index in [4.69, 9.17) is 14.2 Å². The number of aryl methyl sites for hydroxylation is 1. The molecule has 1 aromatic carbocycles. The van der Waals surface area contributed by atoms with Gasteiger partial charge in [-0.1, -0.05) is 11.3 Å². The number of fused-ring (bicyclic) bond motifs is 1. The van der Waals surface area contributed by atoms with Crippen LogP contribution >= 0.6 is 0 Å². The summed E-state index contributed by atoms with van der Waals surface area (Å²) in [7, 11) is 0. The molecule has 0 radical (unpaired) electrons. The maximum atomic E-state index is 5.57. The number of ether oxygens (including phenoxy) is 3. The predicted molar refractivity (Wildman–Crippen MR) is 90.8 cm³/mol. The lowest BCUT2D eigenvalue weighted by Crippen LogP contribution is -2.05. The van der Waals surface area contributed by atoms with Crippen molar-refractivity contribution in [2.24, 2.45) is 0 Å².